The lowest BCUT2D eigenvalue weighted by Gasteiger charge is -2.31. The first-order valence-corrected chi connectivity index (χ1v) is 7.04. The number of anilines is 2. The van der Waals surface area contributed by atoms with Gasteiger partial charge in [0.25, 0.3) is 0 Å². The average molecular weight is 281 g/mol. The van der Waals surface area contributed by atoms with Crippen molar-refractivity contribution in [2.24, 2.45) is 5.92 Å². The molecule has 0 aliphatic carbocycles. The molecule has 2 heterocycles. The van der Waals surface area contributed by atoms with E-state index in [0.29, 0.717) is 23.8 Å². The van der Waals surface area contributed by atoms with Gasteiger partial charge in [-0.15, -0.1) is 0 Å². The zero-order chi connectivity index (χ0) is 14.4. The van der Waals surface area contributed by atoms with Gasteiger partial charge in [-0.1, -0.05) is 0 Å². The van der Waals surface area contributed by atoms with E-state index >= 15 is 0 Å². The molecule has 0 saturated carbocycles. The summed E-state index contributed by atoms with van der Waals surface area (Å²) in [4.78, 5) is 15.1. The molecule has 1 aromatic heterocycles. The summed E-state index contributed by atoms with van der Waals surface area (Å²) in [6, 6.07) is 0.352. The molecule has 0 amide bonds. The summed E-state index contributed by atoms with van der Waals surface area (Å²) in [7, 11) is 3.32. The lowest BCUT2D eigenvalue weighted by Crippen LogP contribution is -2.36. The van der Waals surface area contributed by atoms with E-state index in [0.717, 1.165) is 39.1 Å². The Bertz CT molecular complexity index is 421. The summed E-state index contributed by atoms with van der Waals surface area (Å²) in [5.74, 6) is 1.88. The van der Waals surface area contributed by atoms with Crippen molar-refractivity contribution < 1.29 is 9.47 Å². The van der Waals surface area contributed by atoms with Crippen molar-refractivity contribution >= 4 is 11.9 Å². The van der Waals surface area contributed by atoms with Crippen molar-refractivity contribution in [1.82, 2.24) is 15.0 Å². The van der Waals surface area contributed by atoms with Crippen LogP contribution >= 0.6 is 0 Å². The van der Waals surface area contributed by atoms with Crippen molar-refractivity contribution in [3.8, 4) is 6.01 Å². The Morgan fingerprint density at radius 1 is 1.20 bits per heavy atom. The van der Waals surface area contributed by atoms with Crippen LogP contribution in [0.2, 0.25) is 0 Å². The third kappa shape index (κ3) is 3.69. The molecule has 0 bridgehead atoms. The zero-order valence-corrected chi connectivity index (χ0v) is 12.4. The van der Waals surface area contributed by atoms with Crippen molar-refractivity contribution in [3.05, 3.63) is 0 Å². The number of nitrogens with one attached hydrogen (secondary N) is 1. The molecule has 1 fully saturated rings. The van der Waals surface area contributed by atoms with Gasteiger partial charge in [0.2, 0.25) is 11.9 Å². The third-order valence-corrected chi connectivity index (χ3v) is 3.42. The fourth-order valence-corrected chi connectivity index (χ4v) is 2.35. The molecule has 0 atom stereocenters. The topological polar surface area (TPSA) is 72.4 Å². The summed E-state index contributed by atoms with van der Waals surface area (Å²) in [5, 5.41) is 3.10. The fraction of sp³-hybridized carbons (Fsp3) is 0.769. The largest absolute Gasteiger partial charge is 0.467 e. The first-order chi connectivity index (χ1) is 9.76. The summed E-state index contributed by atoms with van der Waals surface area (Å²) in [6.07, 6.45) is 2.19. The SMILES string of the molecule is CCNc1nc(OC)nc(N2CCC(COC)CC2)n1. The minimum Gasteiger partial charge on any atom is -0.467 e. The van der Waals surface area contributed by atoms with E-state index in [4.69, 9.17) is 9.47 Å². The molecule has 0 spiro atoms. The van der Waals surface area contributed by atoms with Gasteiger partial charge in [-0.05, 0) is 25.7 Å². The average Bonchev–Trinajstić information content (AvgIpc) is 2.48. The molecule has 1 aliphatic rings. The van der Waals surface area contributed by atoms with Gasteiger partial charge in [0.1, 0.15) is 0 Å². The van der Waals surface area contributed by atoms with Crippen molar-refractivity contribution in [2.75, 3.05) is 50.7 Å². The van der Waals surface area contributed by atoms with Crippen LogP contribution in [0.1, 0.15) is 19.8 Å². The second kappa shape index (κ2) is 7.23. The minimum atomic E-state index is 0.352. The maximum Gasteiger partial charge on any atom is 0.322 e. The Labute approximate surface area is 119 Å². The lowest BCUT2D eigenvalue weighted by atomic mass is 9.98. The van der Waals surface area contributed by atoms with Crippen molar-refractivity contribution in [3.63, 3.8) is 0 Å². The van der Waals surface area contributed by atoms with E-state index in [-0.39, 0.29) is 0 Å². The Balaban J connectivity index is 2.06. The molecule has 0 aromatic carbocycles. The van der Waals surface area contributed by atoms with Gasteiger partial charge in [0.15, 0.2) is 0 Å². The molecule has 1 aliphatic heterocycles. The van der Waals surface area contributed by atoms with E-state index in [1.54, 1.807) is 14.2 Å². The standard InChI is InChI=1S/C13H23N5O2/c1-4-14-11-15-12(17-13(16-11)20-3)18-7-5-10(6-8-18)9-19-2/h10H,4-9H2,1-3H3,(H,14,15,16,17). The maximum absolute atomic E-state index is 5.22. The highest BCUT2D eigenvalue weighted by Gasteiger charge is 2.22. The van der Waals surface area contributed by atoms with Crippen LogP contribution in [0.15, 0.2) is 0 Å². The number of nitrogens with zero attached hydrogens (tertiary/aromatic N) is 4. The second-order valence-corrected chi connectivity index (χ2v) is 4.86. The number of methoxy groups -OCH3 is 2. The molecule has 0 unspecified atom stereocenters. The van der Waals surface area contributed by atoms with E-state index in [1.165, 1.54) is 0 Å². The monoisotopic (exact) mass is 281 g/mol. The van der Waals surface area contributed by atoms with Gasteiger partial charge in [-0.3, -0.25) is 0 Å². The van der Waals surface area contributed by atoms with Crippen LogP contribution in [0.3, 0.4) is 0 Å². The van der Waals surface area contributed by atoms with E-state index in [1.807, 2.05) is 6.92 Å². The van der Waals surface area contributed by atoms with Crippen LogP contribution in [0.25, 0.3) is 0 Å². The predicted molar refractivity (Wildman–Crippen MR) is 77.4 cm³/mol. The van der Waals surface area contributed by atoms with Gasteiger partial charge in [-0.25, -0.2) is 0 Å². The molecular weight excluding hydrogens is 258 g/mol. The molecule has 1 saturated heterocycles. The van der Waals surface area contributed by atoms with Gasteiger partial charge >= 0.3 is 6.01 Å². The van der Waals surface area contributed by atoms with Crippen LogP contribution in [-0.4, -0.2) is 55.4 Å². The number of hydrogen-bond donors (Lipinski definition) is 1. The van der Waals surface area contributed by atoms with Gasteiger partial charge in [-0.2, -0.15) is 15.0 Å². The highest BCUT2D eigenvalue weighted by atomic mass is 16.5. The van der Waals surface area contributed by atoms with Gasteiger partial charge in [0, 0.05) is 33.4 Å². The smallest absolute Gasteiger partial charge is 0.322 e. The minimum absolute atomic E-state index is 0.352. The zero-order valence-electron chi connectivity index (χ0n) is 12.4. The summed E-state index contributed by atoms with van der Waals surface area (Å²) < 4.78 is 10.4. The first kappa shape index (κ1) is 14.8. The Morgan fingerprint density at radius 3 is 2.55 bits per heavy atom. The molecule has 7 heteroatoms. The normalized spacial score (nSPS) is 16.2. The number of aromatic nitrogens is 3. The van der Waals surface area contributed by atoms with Crippen LogP contribution in [0.4, 0.5) is 11.9 Å². The van der Waals surface area contributed by atoms with E-state index in [9.17, 15) is 0 Å². The molecular formula is C13H23N5O2. The Hall–Kier alpha value is -1.63. The molecule has 1 N–H and O–H groups in total. The summed E-state index contributed by atoms with van der Waals surface area (Å²) in [5.41, 5.74) is 0. The number of ether oxygens (including phenoxy) is 2. The van der Waals surface area contributed by atoms with Crippen LogP contribution < -0.4 is 15.0 Å². The number of rotatable bonds is 6. The first-order valence-electron chi connectivity index (χ1n) is 7.04. The summed E-state index contributed by atoms with van der Waals surface area (Å²) >= 11 is 0. The maximum atomic E-state index is 5.22. The molecule has 0 radical (unpaired) electrons. The van der Waals surface area contributed by atoms with Gasteiger partial charge < -0.3 is 19.7 Å². The quantitative estimate of drug-likeness (QED) is 0.839. The fourth-order valence-electron chi connectivity index (χ4n) is 2.35. The highest BCUT2D eigenvalue weighted by Crippen LogP contribution is 2.22. The molecule has 2 rings (SSSR count). The lowest BCUT2D eigenvalue weighted by molar-refractivity contribution is 0.139. The third-order valence-electron chi connectivity index (χ3n) is 3.42. The molecule has 7 nitrogen and oxygen atoms in total. The molecule has 20 heavy (non-hydrogen) atoms. The highest BCUT2D eigenvalue weighted by molar-refractivity contribution is 5.38. The van der Waals surface area contributed by atoms with Crippen molar-refractivity contribution in [1.29, 1.82) is 0 Å². The van der Waals surface area contributed by atoms with Gasteiger partial charge in [0.05, 0.1) is 7.11 Å². The van der Waals surface area contributed by atoms with Crippen molar-refractivity contribution in [2.45, 2.75) is 19.8 Å². The van der Waals surface area contributed by atoms with Crippen LogP contribution in [0, 0.1) is 5.92 Å². The Kier molecular flexibility index (Phi) is 5.34. The van der Waals surface area contributed by atoms with E-state index < -0.39 is 0 Å². The second-order valence-electron chi connectivity index (χ2n) is 4.86. The molecule has 112 valence electrons. The number of hydrogen-bond acceptors (Lipinski definition) is 7. The predicted octanol–water partition coefficient (Wildman–Crippen LogP) is 1.17. The Morgan fingerprint density at radius 2 is 1.95 bits per heavy atom. The van der Waals surface area contributed by atoms with Crippen LogP contribution in [0.5, 0.6) is 6.01 Å². The van der Waals surface area contributed by atoms with Crippen LogP contribution in [-0.2, 0) is 4.74 Å². The molecule has 1 aromatic rings. The van der Waals surface area contributed by atoms with E-state index in [2.05, 4.69) is 25.2 Å². The number of piperidine rings is 1. The summed E-state index contributed by atoms with van der Waals surface area (Å²) in [6.45, 7) is 5.48.